The number of carbonyl (C=O) groups is 1. The number of methoxy groups -OCH3 is 1. The maximum atomic E-state index is 11.9. The summed E-state index contributed by atoms with van der Waals surface area (Å²) in [5, 5.41) is 4.75. The average Bonchev–Trinajstić information content (AvgIpc) is 2.97. The monoisotopic (exact) mass is 391 g/mol. The zero-order chi connectivity index (χ0) is 19.4. The minimum Gasteiger partial charge on any atom is -0.496 e. The molecule has 0 amide bonds. The molecule has 3 rings (SSSR count). The molecule has 2 aromatic rings. The lowest BCUT2D eigenvalue weighted by atomic mass is 9.97. The van der Waals surface area contributed by atoms with Crippen LogP contribution in [0.5, 0.6) is 5.75 Å². The molecule has 0 spiro atoms. The van der Waals surface area contributed by atoms with E-state index in [9.17, 15) is 4.79 Å². The second kappa shape index (κ2) is 8.67. The van der Waals surface area contributed by atoms with E-state index in [0.29, 0.717) is 18.0 Å². The summed E-state index contributed by atoms with van der Waals surface area (Å²) in [6.07, 6.45) is 1.68. The average molecular weight is 392 g/mol. The molecule has 0 aliphatic carbocycles. The molecule has 7 nitrogen and oxygen atoms in total. The van der Waals surface area contributed by atoms with Gasteiger partial charge in [-0.15, -0.1) is 5.10 Å². The van der Waals surface area contributed by atoms with Crippen LogP contribution in [0.25, 0.3) is 11.4 Å². The van der Waals surface area contributed by atoms with Crippen LogP contribution in [0, 0.1) is 10.7 Å². The number of benzene rings is 1. The molecular weight excluding hydrogens is 364 g/mol. The molecule has 1 aromatic carbocycles. The van der Waals surface area contributed by atoms with E-state index in [0.717, 1.165) is 43.1 Å². The van der Waals surface area contributed by atoms with Gasteiger partial charge in [0, 0.05) is 19.9 Å². The molecule has 0 atom stereocenters. The highest BCUT2D eigenvalue weighted by molar-refractivity contribution is 7.71. The highest BCUT2D eigenvalue weighted by atomic mass is 32.1. The fraction of sp³-hybridized carbons (Fsp3) is 0.526. The first-order valence-electron chi connectivity index (χ1n) is 9.32. The van der Waals surface area contributed by atoms with Crippen LogP contribution in [0.4, 0.5) is 0 Å². The van der Waals surface area contributed by atoms with Crippen molar-refractivity contribution < 1.29 is 19.2 Å². The van der Waals surface area contributed by atoms with Crippen LogP contribution in [0.15, 0.2) is 24.3 Å². The Morgan fingerprint density at radius 3 is 2.70 bits per heavy atom. The molecule has 0 bridgehead atoms. The van der Waals surface area contributed by atoms with Crippen molar-refractivity contribution in [1.29, 1.82) is 0 Å². The molecule has 1 aromatic heterocycles. The second-order valence-electron chi connectivity index (χ2n) is 6.80. The Labute approximate surface area is 164 Å². The van der Waals surface area contributed by atoms with Crippen LogP contribution in [0.2, 0.25) is 0 Å². The number of esters is 1. The van der Waals surface area contributed by atoms with E-state index in [1.807, 2.05) is 47.5 Å². The molecule has 8 heteroatoms. The van der Waals surface area contributed by atoms with Crippen LogP contribution in [-0.4, -0.2) is 47.1 Å². The number of ether oxygens (including phenoxy) is 2. The van der Waals surface area contributed by atoms with Crippen LogP contribution in [-0.2, 0) is 23.2 Å². The minimum atomic E-state index is -0.0653. The van der Waals surface area contributed by atoms with Crippen molar-refractivity contribution in [2.45, 2.75) is 26.4 Å². The second-order valence-corrected chi connectivity index (χ2v) is 7.16. The van der Waals surface area contributed by atoms with E-state index in [2.05, 4.69) is 0 Å². The minimum absolute atomic E-state index is 0.0227. The van der Waals surface area contributed by atoms with Gasteiger partial charge in [-0.05, 0) is 31.3 Å². The van der Waals surface area contributed by atoms with Gasteiger partial charge in [0.15, 0.2) is 12.5 Å². The van der Waals surface area contributed by atoms with Gasteiger partial charge < -0.3 is 18.9 Å². The fourth-order valence-corrected chi connectivity index (χ4v) is 3.74. The summed E-state index contributed by atoms with van der Waals surface area (Å²) in [4.78, 5) is 13.3. The largest absolute Gasteiger partial charge is 0.496 e. The molecule has 1 saturated heterocycles. The maximum absolute atomic E-state index is 11.9. The van der Waals surface area contributed by atoms with Crippen molar-refractivity contribution in [2.24, 2.45) is 13.0 Å². The van der Waals surface area contributed by atoms with Crippen molar-refractivity contribution in [2.75, 3.05) is 26.8 Å². The summed E-state index contributed by atoms with van der Waals surface area (Å²) >= 11 is 5.60. The molecule has 1 aliphatic rings. The van der Waals surface area contributed by atoms with Gasteiger partial charge in [-0.25, -0.2) is 0 Å². The summed E-state index contributed by atoms with van der Waals surface area (Å²) in [5.41, 5.74) is 0.920. The number of hydrogen-bond acceptors (Lipinski definition) is 5. The third kappa shape index (κ3) is 4.22. The van der Waals surface area contributed by atoms with Crippen LogP contribution >= 0.6 is 12.2 Å². The maximum Gasteiger partial charge on any atom is 0.309 e. The lowest BCUT2D eigenvalue weighted by Crippen LogP contribution is -3.12. The van der Waals surface area contributed by atoms with Gasteiger partial charge >= 0.3 is 5.97 Å². The smallest absolute Gasteiger partial charge is 0.309 e. The molecule has 2 heterocycles. The first-order chi connectivity index (χ1) is 13.0. The molecule has 27 heavy (non-hydrogen) atoms. The van der Waals surface area contributed by atoms with Crippen molar-refractivity contribution in [3.8, 4) is 17.1 Å². The van der Waals surface area contributed by atoms with Crippen molar-refractivity contribution in [3.05, 3.63) is 29.0 Å². The lowest BCUT2D eigenvalue weighted by Gasteiger charge is -2.27. The Morgan fingerprint density at radius 2 is 2.04 bits per heavy atom. The number of piperidine rings is 1. The van der Waals surface area contributed by atoms with E-state index >= 15 is 0 Å². The van der Waals surface area contributed by atoms with Gasteiger partial charge in [0.05, 0.1) is 38.3 Å². The Kier molecular flexibility index (Phi) is 6.28. The van der Waals surface area contributed by atoms with E-state index in [1.165, 1.54) is 4.90 Å². The van der Waals surface area contributed by atoms with E-state index in [-0.39, 0.29) is 11.9 Å². The van der Waals surface area contributed by atoms with Gasteiger partial charge in [0.25, 0.3) is 0 Å². The van der Waals surface area contributed by atoms with Crippen molar-refractivity contribution in [3.63, 3.8) is 0 Å². The van der Waals surface area contributed by atoms with Crippen LogP contribution in [0.1, 0.15) is 19.8 Å². The van der Waals surface area contributed by atoms with E-state index < -0.39 is 0 Å². The summed E-state index contributed by atoms with van der Waals surface area (Å²) in [7, 11) is 3.58. The topological polar surface area (TPSA) is 62.7 Å². The molecule has 1 N–H and O–H groups in total. The fourth-order valence-electron chi connectivity index (χ4n) is 3.55. The number of quaternary nitrogens is 1. The summed E-state index contributed by atoms with van der Waals surface area (Å²) in [6, 6.07) is 7.80. The molecule has 0 radical (unpaired) electrons. The molecule has 1 aliphatic heterocycles. The van der Waals surface area contributed by atoms with Gasteiger partial charge in [0.1, 0.15) is 5.75 Å². The summed E-state index contributed by atoms with van der Waals surface area (Å²) < 4.78 is 15.1. The number of aromatic nitrogens is 3. The van der Waals surface area contributed by atoms with Gasteiger partial charge in [-0.3, -0.25) is 4.79 Å². The number of para-hydroxylation sites is 1. The SMILES string of the molecule is CCOC(=O)C1CC[NH+](Cn2nc(-c3ccccc3OC)n(C)c2=S)CC1. The van der Waals surface area contributed by atoms with Crippen molar-refractivity contribution in [1.82, 2.24) is 14.3 Å². The molecule has 146 valence electrons. The van der Waals surface area contributed by atoms with Crippen LogP contribution < -0.4 is 9.64 Å². The molecular formula is C19H27N4O3S+. The quantitative estimate of drug-likeness (QED) is 0.596. The van der Waals surface area contributed by atoms with Crippen LogP contribution in [0.3, 0.4) is 0 Å². The Hall–Kier alpha value is -2.19. The standard InChI is InChI=1S/C19H26N4O3S/c1-4-26-18(24)14-9-11-22(12-10-14)13-23-19(27)21(2)17(20-23)15-7-5-6-8-16(15)25-3/h5-8,14H,4,9-13H2,1-3H3/p+1. The molecule has 0 unspecified atom stereocenters. The first kappa shape index (κ1) is 19.6. The van der Waals surface area contributed by atoms with Gasteiger partial charge in [-0.1, -0.05) is 12.1 Å². The Balaban J connectivity index is 1.72. The number of carbonyl (C=O) groups excluding carboxylic acids is 1. The summed E-state index contributed by atoms with van der Waals surface area (Å²) in [6.45, 7) is 4.80. The summed E-state index contributed by atoms with van der Waals surface area (Å²) in [5.74, 6) is 1.52. The zero-order valence-electron chi connectivity index (χ0n) is 16.1. The zero-order valence-corrected chi connectivity index (χ0v) is 16.9. The normalized spacial score (nSPS) is 19.7. The number of nitrogens with zero attached hydrogens (tertiary/aromatic N) is 3. The highest BCUT2D eigenvalue weighted by Gasteiger charge is 2.29. The van der Waals surface area contributed by atoms with E-state index in [4.69, 9.17) is 26.8 Å². The molecule has 0 saturated carbocycles. The van der Waals surface area contributed by atoms with Crippen molar-refractivity contribution >= 4 is 18.2 Å². The van der Waals surface area contributed by atoms with Gasteiger partial charge in [0.2, 0.25) is 4.77 Å². The molecule has 1 fully saturated rings. The predicted octanol–water partition coefficient (Wildman–Crippen LogP) is 1.44. The van der Waals surface area contributed by atoms with E-state index in [1.54, 1.807) is 7.11 Å². The van der Waals surface area contributed by atoms with Gasteiger partial charge in [-0.2, -0.15) is 4.68 Å². The number of nitrogens with one attached hydrogen (secondary N) is 1. The third-order valence-electron chi connectivity index (χ3n) is 5.07. The third-order valence-corrected chi connectivity index (χ3v) is 5.56. The number of hydrogen-bond donors (Lipinski definition) is 1. The first-order valence-corrected chi connectivity index (χ1v) is 9.73. The number of likely N-dealkylation sites (tertiary alicyclic amines) is 1. The highest BCUT2D eigenvalue weighted by Crippen LogP contribution is 2.27. The predicted molar refractivity (Wildman–Crippen MR) is 104 cm³/mol. The Bertz CT molecular complexity index is 853. The Morgan fingerprint density at radius 1 is 1.33 bits per heavy atom. The lowest BCUT2D eigenvalue weighted by molar-refractivity contribution is -0.929. The number of rotatable bonds is 6.